The second-order valence-electron chi connectivity index (χ2n) is 7.13. The summed E-state index contributed by atoms with van der Waals surface area (Å²) in [5, 5.41) is 2.55. The minimum atomic E-state index is -0.893. The van der Waals surface area contributed by atoms with Gasteiger partial charge in [-0.1, -0.05) is 0 Å². The van der Waals surface area contributed by atoms with Crippen LogP contribution in [0.25, 0.3) is 11.5 Å². The Hall–Kier alpha value is -3.72. The molecule has 1 aliphatic heterocycles. The van der Waals surface area contributed by atoms with Crippen LogP contribution in [0.5, 0.6) is 0 Å². The Balaban J connectivity index is 1.52. The molecule has 4 rings (SSSR count). The number of hydrogen-bond acceptors (Lipinski definition) is 6. The van der Waals surface area contributed by atoms with Crippen molar-refractivity contribution in [1.29, 1.82) is 0 Å². The Kier molecular flexibility index (Phi) is 5.94. The van der Waals surface area contributed by atoms with Crippen molar-refractivity contribution in [2.45, 2.75) is 18.9 Å². The summed E-state index contributed by atoms with van der Waals surface area (Å²) in [6, 6.07) is 10.6. The molecule has 2 heterocycles. The number of amides is 2. The van der Waals surface area contributed by atoms with E-state index in [0.29, 0.717) is 18.2 Å². The molecule has 0 aliphatic carbocycles. The molecule has 2 aromatic carbocycles. The van der Waals surface area contributed by atoms with Crippen LogP contribution < -0.4 is 16.0 Å². The molecule has 0 bridgehead atoms. The molecule has 1 unspecified atom stereocenters. The first-order chi connectivity index (χ1) is 15.0. The van der Waals surface area contributed by atoms with Gasteiger partial charge in [0.2, 0.25) is 5.89 Å². The second-order valence-corrected chi connectivity index (χ2v) is 7.13. The molecule has 3 aromatic rings. The molecule has 1 fully saturated rings. The number of aromatic nitrogens is 1. The summed E-state index contributed by atoms with van der Waals surface area (Å²) in [7, 11) is 0. The maximum atomic E-state index is 14.5. The Bertz CT molecular complexity index is 1060. The van der Waals surface area contributed by atoms with Crippen molar-refractivity contribution in [3.63, 3.8) is 0 Å². The van der Waals surface area contributed by atoms with Gasteiger partial charge in [0, 0.05) is 23.5 Å². The molecule has 3 N–H and O–H groups in total. The summed E-state index contributed by atoms with van der Waals surface area (Å²) in [5.41, 5.74) is 6.94. The molecular weight excluding hydrogens is 403 g/mol. The van der Waals surface area contributed by atoms with Crippen LogP contribution in [-0.2, 0) is 14.3 Å². The summed E-state index contributed by atoms with van der Waals surface area (Å²) >= 11 is 0. The van der Waals surface area contributed by atoms with E-state index < -0.39 is 17.6 Å². The normalized spacial score (nSPS) is 15.6. The highest BCUT2D eigenvalue weighted by molar-refractivity contribution is 6.44. The minimum Gasteiger partial charge on any atom is -0.445 e. The van der Waals surface area contributed by atoms with E-state index in [1.165, 1.54) is 24.6 Å². The van der Waals surface area contributed by atoms with Gasteiger partial charge in [0.1, 0.15) is 12.1 Å². The molecular formula is C22H21FN4O4. The van der Waals surface area contributed by atoms with Gasteiger partial charge in [0.25, 0.3) is 0 Å². The molecule has 0 spiro atoms. The van der Waals surface area contributed by atoms with Gasteiger partial charge < -0.3 is 20.2 Å². The lowest BCUT2D eigenvalue weighted by atomic mass is 10.2. The van der Waals surface area contributed by atoms with Crippen LogP contribution in [0, 0.1) is 5.82 Å². The van der Waals surface area contributed by atoms with E-state index in [0.717, 1.165) is 29.4 Å². The number of nitrogens with two attached hydrogens (primary N) is 1. The van der Waals surface area contributed by atoms with E-state index in [9.17, 15) is 14.0 Å². The third-order valence-corrected chi connectivity index (χ3v) is 4.93. The molecule has 2 amide bonds. The number of nitrogens with zero attached hydrogens (tertiary/aromatic N) is 2. The SMILES string of the molecule is Nc1ccc(N(CC2CCCO2)C(=O)C(=O)Nc2ccc(-c3ncco3)cc2)c(F)c1. The van der Waals surface area contributed by atoms with E-state index >= 15 is 0 Å². The van der Waals surface area contributed by atoms with E-state index in [2.05, 4.69) is 10.3 Å². The summed E-state index contributed by atoms with van der Waals surface area (Å²) in [6.45, 7) is 0.635. The van der Waals surface area contributed by atoms with Gasteiger partial charge in [-0.05, 0) is 55.3 Å². The van der Waals surface area contributed by atoms with Crippen molar-refractivity contribution in [3.8, 4) is 11.5 Å². The van der Waals surface area contributed by atoms with Gasteiger partial charge in [-0.25, -0.2) is 9.37 Å². The highest BCUT2D eigenvalue weighted by Crippen LogP contribution is 2.25. The maximum absolute atomic E-state index is 14.5. The van der Waals surface area contributed by atoms with Gasteiger partial charge in [0.05, 0.1) is 24.5 Å². The van der Waals surface area contributed by atoms with E-state index in [4.69, 9.17) is 14.9 Å². The smallest absolute Gasteiger partial charge is 0.316 e. The number of hydrogen-bond donors (Lipinski definition) is 2. The average Bonchev–Trinajstić information content (AvgIpc) is 3.47. The Morgan fingerprint density at radius 3 is 2.68 bits per heavy atom. The lowest BCUT2D eigenvalue weighted by Gasteiger charge is -2.25. The van der Waals surface area contributed by atoms with Crippen LogP contribution in [0.3, 0.4) is 0 Å². The van der Waals surface area contributed by atoms with Crippen molar-refractivity contribution < 1.29 is 23.1 Å². The number of nitrogen functional groups attached to an aromatic ring is 1. The van der Waals surface area contributed by atoms with Gasteiger partial charge in [-0.2, -0.15) is 0 Å². The number of carbonyl (C=O) groups excluding carboxylic acids is 2. The van der Waals surface area contributed by atoms with Crippen LogP contribution in [0.1, 0.15) is 12.8 Å². The van der Waals surface area contributed by atoms with Crippen LogP contribution in [0.2, 0.25) is 0 Å². The van der Waals surface area contributed by atoms with Crippen LogP contribution >= 0.6 is 0 Å². The van der Waals surface area contributed by atoms with Gasteiger partial charge >= 0.3 is 11.8 Å². The largest absolute Gasteiger partial charge is 0.445 e. The molecule has 1 saturated heterocycles. The van der Waals surface area contributed by atoms with Crippen molar-refractivity contribution in [2.75, 3.05) is 29.1 Å². The first-order valence-electron chi connectivity index (χ1n) is 9.80. The van der Waals surface area contributed by atoms with Crippen molar-refractivity contribution >= 4 is 28.9 Å². The highest BCUT2D eigenvalue weighted by atomic mass is 19.1. The number of rotatable bonds is 5. The molecule has 31 heavy (non-hydrogen) atoms. The summed E-state index contributed by atoms with van der Waals surface area (Å²) < 4.78 is 25.3. The third kappa shape index (κ3) is 4.72. The minimum absolute atomic E-state index is 0.0240. The van der Waals surface area contributed by atoms with Crippen molar-refractivity contribution in [3.05, 3.63) is 60.7 Å². The molecule has 9 heteroatoms. The zero-order chi connectivity index (χ0) is 21.8. The molecule has 0 radical (unpaired) electrons. The molecule has 0 saturated carbocycles. The number of oxazole rings is 1. The van der Waals surface area contributed by atoms with Crippen LogP contribution in [0.15, 0.2) is 59.3 Å². The summed E-state index contributed by atoms with van der Waals surface area (Å²) in [4.78, 5) is 30.8. The Labute approximate surface area is 177 Å². The molecule has 1 aliphatic rings. The second kappa shape index (κ2) is 8.97. The molecule has 8 nitrogen and oxygen atoms in total. The monoisotopic (exact) mass is 424 g/mol. The lowest BCUT2D eigenvalue weighted by Crippen LogP contribution is -2.44. The molecule has 160 valence electrons. The first-order valence-corrected chi connectivity index (χ1v) is 9.80. The van der Waals surface area contributed by atoms with E-state index in [-0.39, 0.29) is 24.0 Å². The topological polar surface area (TPSA) is 111 Å². The van der Waals surface area contributed by atoms with Gasteiger partial charge in [0.15, 0.2) is 0 Å². The predicted molar refractivity (Wildman–Crippen MR) is 113 cm³/mol. The zero-order valence-electron chi connectivity index (χ0n) is 16.6. The maximum Gasteiger partial charge on any atom is 0.316 e. The first kappa shape index (κ1) is 20.5. The van der Waals surface area contributed by atoms with Gasteiger partial charge in [-0.3, -0.25) is 14.5 Å². The van der Waals surface area contributed by atoms with Gasteiger partial charge in [-0.15, -0.1) is 0 Å². The zero-order valence-corrected chi connectivity index (χ0v) is 16.6. The van der Waals surface area contributed by atoms with Crippen LogP contribution in [-0.4, -0.2) is 36.1 Å². The number of carbonyl (C=O) groups is 2. The summed E-state index contributed by atoms with van der Waals surface area (Å²) in [6.07, 6.45) is 4.30. The van der Waals surface area contributed by atoms with Crippen molar-refractivity contribution in [2.24, 2.45) is 0 Å². The third-order valence-electron chi connectivity index (χ3n) is 4.93. The summed E-state index contributed by atoms with van der Waals surface area (Å²) in [5.74, 6) is -2.03. The number of anilines is 3. The number of benzene rings is 2. The number of ether oxygens (including phenoxy) is 1. The van der Waals surface area contributed by atoms with E-state index in [1.54, 1.807) is 24.3 Å². The Morgan fingerprint density at radius 2 is 2.03 bits per heavy atom. The van der Waals surface area contributed by atoms with E-state index in [1.807, 2.05) is 0 Å². The number of nitrogens with one attached hydrogen (secondary N) is 1. The molecule has 1 aromatic heterocycles. The highest BCUT2D eigenvalue weighted by Gasteiger charge is 2.30. The number of halogens is 1. The Morgan fingerprint density at radius 1 is 1.23 bits per heavy atom. The average molecular weight is 424 g/mol. The fourth-order valence-electron chi connectivity index (χ4n) is 3.39. The fourth-order valence-corrected chi connectivity index (χ4v) is 3.39. The quantitative estimate of drug-likeness (QED) is 0.481. The predicted octanol–water partition coefficient (Wildman–Crippen LogP) is 3.21. The van der Waals surface area contributed by atoms with Crippen LogP contribution in [0.4, 0.5) is 21.5 Å². The van der Waals surface area contributed by atoms with Crippen molar-refractivity contribution in [1.82, 2.24) is 4.98 Å². The molecule has 1 atom stereocenters. The standard InChI is InChI=1S/C22H21FN4O4/c23-18-12-15(24)5-8-19(18)27(13-17-2-1-10-30-17)22(29)20(28)26-16-6-3-14(4-7-16)21-25-9-11-31-21/h3-9,11-12,17H,1-2,10,13,24H2,(H,26,28). The fraction of sp³-hybridized carbons (Fsp3) is 0.227. The lowest BCUT2D eigenvalue weighted by molar-refractivity contribution is -0.134.